The molecule has 1 heterocycles. The highest BCUT2D eigenvalue weighted by Gasteiger charge is 2.63. The van der Waals surface area contributed by atoms with Gasteiger partial charge in [-0.05, 0) is 36.4 Å². The summed E-state index contributed by atoms with van der Waals surface area (Å²) in [7, 11) is -3.42. The van der Waals surface area contributed by atoms with E-state index < -0.39 is 25.3 Å². The van der Waals surface area contributed by atoms with E-state index in [4.69, 9.17) is 23.2 Å². The molecular formula is C21H16Cl2NO3P. The van der Waals surface area contributed by atoms with E-state index in [0.29, 0.717) is 26.2 Å². The molecule has 4 nitrogen and oxygen atoms in total. The Morgan fingerprint density at radius 2 is 1.29 bits per heavy atom. The van der Waals surface area contributed by atoms with Crippen molar-refractivity contribution in [2.75, 3.05) is 0 Å². The van der Waals surface area contributed by atoms with E-state index in [1.165, 1.54) is 4.67 Å². The number of hydrogen-bond acceptors (Lipinski definition) is 2. The highest BCUT2D eigenvalue weighted by Crippen LogP contribution is 2.65. The van der Waals surface area contributed by atoms with Gasteiger partial charge in [-0.25, -0.2) is 4.67 Å². The van der Waals surface area contributed by atoms with E-state index in [-0.39, 0.29) is 0 Å². The first-order valence-corrected chi connectivity index (χ1v) is 11.0. The van der Waals surface area contributed by atoms with E-state index in [0.717, 1.165) is 0 Å². The van der Waals surface area contributed by atoms with E-state index in [9.17, 15) is 14.5 Å². The van der Waals surface area contributed by atoms with Crippen LogP contribution in [0.5, 0.6) is 0 Å². The molecule has 0 saturated carbocycles. The largest absolute Gasteiger partial charge is 0.480 e. The summed E-state index contributed by atoms with van der Waals surface area (Å²) in [4.78, 5) is 12.0. The lowest BCUT2D eigenvalue weighted by atomic mass is 10.1. The van der Waals surface area contributed by atoms with Gasteiger partial charge in [0, 0.05) is 26.2 Å². The van der Waals surface area contributed by atoms with Gasteiger partial charge in [0.15, 0.2) is 0 Å². The molecule has 1 fully saturated rings. The monoisotopic (exact) mass is 431 g/mol. The van der Waals surface area contributed by atoms with Crippen LogP contribution in [0.15, 0.2) is 78.9 Å². The molecule has 142 valence electrons. The third-order valence-corrected chi connectivity index (χ3v) is 8.67. The van der Waals surface area contributed by atoms with Crippen molar-refractivity contribution in [3.8, 4) is 0 Å². The molecule has 3 aromatic carbocycles. The second kappa shape index (κ2) is 7.38. The predicted octanol–water partition coefficient (Wildman–Crippen LogP) is 4.73. The van der Waals surface area contributed by atoms with Gasteiger partial charge in [0.1, 0.15) is 6.04 Å². The van der Waals surface area contributed by atoms with Crippen molar-refractivity contribution >= 4 is 47.1 Å². The highest BCUT2D eigenvalue weighted by atomic mass is 35.5. The highest BCUT2D eigenvalue weighted by molar-refractivity contribution is 7.76. The van der Waals surface area contributed by atoms with Gasteiger partial charge < -0.3 is 5.11 Å². The summed E-state index contributed by atoms with van der Waals surface area (Å²) in [5, 5.41) is 11.7. The molecule has 1 aliphatic rings. The number of carbonyl (C=O) groups is 1. The van der Waals surface area contributed by atoms with Crippen LogP contribution in [-0.2, 0) is 9.36 Å². The molecule has 3 unspecified atom stereocenters. The smallest absolute Gasteiger partial charge is 0.323 e. The molecule has 1 saturated heterocycles. The van der Waals surface area contributed by atoms with E-state index in [2.05, 4.69) is 0 Å². The van der Waals surface area contributed by atoms with Crippen molar-refractivity contribution in [2.45, 2.75) is 12.1 Å². The first kappa shape index (κ1) is 19.2. The number of nitrogens with zero attached hydrogens (tertiary/aromatic N) is 1. The molecule has 1 N–H and O–H groups in total. The van der Waals surface area contributed by atoms with Gasteiger partial charge >= 0.3 is 5.97 Å². The Kier molecular flexibility index (Phi) is 5.07. The van der Waals surface area contributed by atoms with Crippen LogP contribution in [-0.4, -0.2) is 21.8 Å². The van der Waals surface area contributed by atoms with Crippen LogP contribution < -0.4 is 10.6 Å². The van der Waals surface area contributed by atoms with Crippen LogP contribution in [0, 0.1) is 0 Å². The van der Waals surface area contributed by atoms with Crippen molar-refractivity contribution in [3.63, 3.8) is 0 Å². The zero-order valence-corrected chi connectivity index (χ0v) is 17.0. The SMILES string of the molecule is O=C(O)C1C(c2c(Cl)cccc2Cl)N1P(=O)(c1ccccc1)c1ccccc1. The van der Waals surface area contributed by atoms with Crippen molar-refractivity contribution in [2.24, 2.45) is 0 Å². The summed E-state index contributed by atoms with van der Waals surface area (Å²) in [6.07, 6.45) is 0. The Morgan fingerprint density at radius 1 is 0.821 bits per heavy atom. The molecule has 28 heavy (non-hydrogen) atoms. The fraction of sp³-hybridized carbons (Fsp3) is 0.0952. The first-order valence-electron chi connectivity index (χ1n) is 8.63. The zero-order valence-electron chi connectivity index (χ0n) is 14.6. The molecule has 4 rings (SSSR count). The Balaban J connectivity index is 1.92. The standard InChI is InChI=1S/C21H16Cl2NO3P/c22-16-12-7-13-17(23)18(16)19-20(21(25)26)24(19)28(27,14-8-3-1-4-9-14)15-10-5-2-6-11-15/h1-13,19-20H,(H,25,26). The van der Waals surface area contributed by atoms with Gasteiger partial charge in [-0.3, -0.25) is 9.36 Å². The van der Waals surface area contributed by atoms with Gasteiger partial charge in [-0.15, -0.1) is 0 Å². The summed E-state index contributed by atoms with van der Waals surface area (Å²) in [6, 6.07) is 21.2. The Bertz CT molecular complexity index is 1010. The van der Waals surface area contributed by atoms with Crippen molar-refractivity contribution in [1.82, 2.24) is 4.67 Å². The molecular weight excluding hydrogens is 416 g/mol. The van der Waals surface area contributed by atoms with Crippen molar-refractivity contribution < 1.29 is 14.5 Å². The summed E-state index contributed by atoms with van der Waals surface area (Å²) in [5.74, 6) is -1.06. The van der Waals surface area contributed by atoms with E-state index >= 15 is 0 Å². The second-order valence-electron chi connectivity index (χ2n) is 6.49. The van der Waals surface area contributed by atoms with Crippen molar-refractivity contribution in [1.29, 1.82) is 0 Å². The van der Waals surface area contributed by atoms with E-state index in [1.807, 2.05) is 12.1 Å². The fourth-order valence-electron chi connectivity index (χ4n) is 3.58. The number of rotatable bonds is 5. The predicted molar refractivity (Wildman–Crippen MR) is 112 cm³/mol. The molecule has 0 amide bonds. The molecule has 7 heteroatoms. The number of carboxylic acids is 1. The number of benzene rings is 3. The molecule has 0 radical (unpaired) electrons. The molecule has 0 aromatic heterocycles. The average molecular weight is 432 g/mol. The molecule has 1 aliphatic heterocycles. The number of carboxylic acid groups (broad SMARTS) is 1. The maximum absolute atomic E-state index is 14.5. The molecule has 3 aromatic rings. The Morgan fingerprint density at radius 3 is 1.71 bits per heavy atom. The first-order chi connectivity index (χ1) is 13.5. The maximum atomic E-state index is 14.5. The lowest BCUT2D eigenvalue weighted by Crippen LogP contribution is -2.24. The summed E-state index contributed by atoms with van der Waals surface area (Å²) >= 11 is 12.7. The minimum atomic E-state index is -3.42. The quantitative estimate of drug-likeness (QED) is 0.468. The second-order valence-corrected chi connectivity index (χ2v) is 9.95. The zero-order chi connectivity index (χ0) is 19.9. The number of hydrogen-bond donors (Lipinski definition) is 1. The van der Waals surface area contributed by atoms with Gasteiger partial charge in [0.2, 0.25) is 7.29 Å². The van der Waals surface area contributed by atoms with Crippen LogP contribution in [0.25, 0.3) is 0 Å². The van der Waals surface area contributed by atoms with Gasteiger partial charge in [-0.2, -0.15) is 0 Å². The third kappa shape index (κ3) is 3.07. The van der Waals surface area contributed by atoms with E-state index in [1.54, 1.807) is 66.7 Å². The van der Waals surface area contributed by atoms with Gasteiger partial charge in [0.05, 0.1) is 6.04 Å². The van der Waals surface area contributed by atoms with Crippen LogP contribution in [0.2, 0.25) is 10.0 Å². The third-order valence-electron chi connectivity index (χ3n) is 4.87. The molecule has 0 bridgehead atoms. The van der Waals surface area contributed by atoms with Crippen LogP contribution in [0.4, 0.5) is 0 Å². The summed E-state index contributed by atoms with van der Waals surface area (Å²) in [5.41, 5.74) is 0.491. The van der Waals surface area contributed by atoms with Gasteiger partial charge in [0.25, 0.3) is 0 Å². The topological polar surface area (TPSA) is 57.4 Å². The molecule has 0 spiro atoms. The Hall–Kier alpha value is -2.10. The van der Waals surface area contributed by atoms with Crippen LogP contribution in [0.1, 0.15) is 11.6 Å². The van der Waals surface area contributed by atoms with Crippen LogP contribution >= 0.6 is 30.5 Å². The lowest BCUT2D eigenvalue weighted by molar-refractivity contribution is -0.137. The fourth-order valence-corrected chi connectivity index (χ4v) is 7.29. The van der Waals surface area contributed by atoms with Crippen molar-refractivity contribution in [3.05, 3.63) is 94.5 Å². The molecule has 3 atom stereocenters. The van der Waals surface area contributed by atoms with Crippen LogP contribution in [0.3, 0.4) is 0 Å². The number of halogens is 2. The summed E-state index contributed by atoms with van der Waals surface area (Å²) in [6.45, 7) is 0. The summed E-state index contributed by atoms with van der Waals surface area (Å²) < 4.78 is 16.0. The normalized spacial score (nSPS) is 21.3. The Labute approximate surface area is 172 Å². The minimum Gasteiger partial charge on any atom is -0.480 e. The lowest BCUT2D eigenvalue weighted by Gasteiger charge is -2.22. The van der Waals surface area contributed by atoms with Gasteiger partial charge in [-0.1, -0.05) is 65.7 Å². The number of aliphatic carboxylic acids is 1. The molecule has 0 aliphatic carbocycles. The minimum absolute atomic E-state index is 0.360. The maximum Gasteiger partial charge on any atom is 0.323 e. The average Bonchev–Trinajstić information content (AvgIpc) is 3.44.